The molecule has 4 aromatic rings. The molecule has 3 aromatic heterocycles. The third-order valence-electron chi connectivity index (χ3n) is 10.2. The van der Waals surface area contributed by atoms with Crippen molar-refractivity contribution in [2.75, 3.05) is 25.0 Å². The number of aryl methyl sites for hydroxylation is 2. The second-order valence-electron chi connectivity index (χ2n) is 13.6. The van der Waals surface area contributed by atoms with Crippen LogP contribution in [-0.2, 0) is 22.8 Å². The number of carbonyl (C=O) groups excluding carboxylic acids is 2. The van der Waals surface area contributed by atoms with Gasteiger partial charge in [-0.1, -0.05) is 12.5 Å². The molecule has 1 aromatic carbocycles. The van der Waals surface area contributed by atoms with Crippen LogP contribution >= 0.6 is 15.9 Å². The van der Waals surface area contributed by atoms with E-state index in [9.17, 15) is 19.1 Å². The summed E-state index contributed by atoms with van der Waals surface area (Å²) in [5, 5.41) is 18.9. The van der Waals surface area contributed by atoms with E-state index in [-0.39, 0.29) is 29.8 Å². The summed E-state index contributed by atoms with van der Waals surface area (Å²) >= 11 is 3.39. The van der Waals surface area contributed by atoms with Crippen molar-refractivity contribution >= 4 is 44.5 Å². The van der Waals surface area contributed by atoms with Crippen molar-refractivity contribution < 1.29 is 19.1 Å². The maximum Gasteiger partial charge on any atom is 0.248 e. The normalized spacial score (nSPS) is 22.9. The van der Waals surface area contributed by atoms with E-state index in [4.69, 9.17) is 0 Å². The molecular weight excluding hydrogens is 679 g/mol. The molecule has 0 radical (unpaired) electrons. The van der Waals surface area contributed by atoms with Gasteiger partial charge in [0.05, 0.1) is 17.3 Å². The molecule has 48 heavy (non-hydrogen) atoms. The average molecular weight is 720 g/mol. The van der Waals surface area contributed by atoms with Crippen LogP contribution in [0.15, 0.2) is 41.3 Å². The molecule has 252 valence electrons. The predicted octanol–water partition coefficient (Wildman–Crippen LogP) is 5.27. The SMILES string of the molecule is Cc1ncc(-c2cc(CF)c3c(c2)c(C(C)O)nn3CC(=O)N2C3C[C@]3(CN3CCCCC3)C[C@H]2C(=O)Nc2nc(Br)ccc2C)cn1. The Morgan fingerprint density at radius 2 is 1.85 bits per heavy atom. The van der Waals surface area contributed by atoms with Crippen LogP contribution in [0, 0.1) is 19.3 Å². The van der Waals surface area contributed by atoms with Crippen LogP contribution in [0.5, 0.6) is 0 Å². The van der Waals surface area contributed by atoms with Crippen molar-refractivity contribution in [1.29, 1.82) is 0 Å². The number of aliphatic hydroxyl groups excluding tert-OH is 1. The number of nitrogens with one attached hydrogen (secondary N) is 1. The highest BCUT2D eigenvalue weighted by atomic mass is 79.9. The van der Waals surface area contributed by atoms with Crippen molar-refractivity contribution in [3.05, 3.63) is 63.9 Å². The van der Waals surface area contributed by atoms with Crippen LogP contribution in [-0.4, -0.2) is 83.2 Å². The molecule has 0 spiro atoms. The number of pyridine rings is 1. The second kappa shape index (κ2) is 12.9. The predicted molar refractivity (Wildman–Crippen MR) is 183 cm³/mol. The van der Waals surface area contributed by atoms with Gasteiger partial charge in [-0.15, -0.1) is 0 Å². The van der Waals surface area contributed by atoms with Gasteiger partial charge in [-0.2, -0.15) is 5.10 Å². The molecule has 7 rings (SSSR count). The van der Waals surface area contributed by atoms with E-state index in [2.05, 4.69) is 46.2 Å². The topological polar surface area (TPSA) is 129 Å². The van der Waals surface area contributed by atoms with E-state index >= 15 is 0 Å². The van der Waals surface area contributed by atoms with Gasteiger partial charge in [-0.25, -0.2) is 19.3 Å². The molecule has 5 heterocycles. The Bertz CT molecular complexity index is 1880. The Hall–Kier alpha value is -3.81. The fourth-order valence-corrected chi connectivity index (χ4v) is 8.02. The molecule has 1 aliphatic carbocycles. The summed E-state index contributed by atoms with van der Waals surface area (Å²) in [5.41, 5.74) is 3.20. The highest BCUT2D eigenvalue weighted by Crippen LogP contribution is 2.60. The maximum atomic E-state index is 14.7. The monoisotopic (exact) mass is 718 g/mol. The van der Waals surface area contributed by atoms with E-state index in [1.165, 1.54) is 11.1 Å². The lowest BCUT2D eigenvalue weighted by Gasteiger charge is -2.30. The van der Waals surface area contributed by atoms with Gasteiger partial charge in [-0.05, 0) is 105 Å². The van der Waals surface area contributed by atoms with Crippen molar-refractivity contribution in [3.8, 4) is 11.1 Å². The first-order chi connectivity index (χ1) is 23.1. The van der Waals surface area contributed by atoms with E-state index < -0.39 is 18.8 Å². The Kier molecular flexibility index (Phi) is 8.80. The van der Waals surface area contributed by atoms with Gasteiger partial charge < -0.3 is 20.2 Å². The highest BCUT2D eigenvalue weighted by Gasteiger charge is 2.67. The smallest absolute Gasteiger partial charge is 0.248 e. The zero-order valence-corrected chi connectivity index (χ0v) is 29.0. The first kappa shape index (κ1) is 32.7. The van der Waals surface area contributed by atoms with Crippen molar-refractivity contribution in [2.24, 2.45) is 5.41 Å². The number of hydrogen-bond acceptors (Lipinski definition) is 8. The van der Waals surface area contributed by atoms with Crippen molar-refractivity contribution in [1.82, 2.24) is 34.5 Å². The number of piperidine rings is 2. The first-order valence-electron chi connectivity index (χ1n) is 16.6. The number of amides is 2. The third-order valence-corrected chi connectivity index (χ3v) is 10.6. The fourth-order valence-electron chi connectivity index (χ4n) is 7.71. The van der Waals surface area contributed by atoms with E-state index in [1.807, 2.05) is 25.1 Å². The summed E-state index contributed by atoms with van der Waals surface area (Å²) in [6.07, 6.45) is 7.35. The zero-order valence-electron chi connectivity index (χ0n) is 27.4. The van der Waals surface area contributed by atoms with Crippen molar-refractivity contribution in [2.45, 2.75) is 84.3 Å². The lowest BCUT2D eigenvalue weighted by molar-refractivity contribution is -0.138. The van der Waals surface area contributed by atoms with Gasteiger partial charge >= 0.3 is 0 Å². The standard InChI is InChI=1S/C35H40BrFN8O3/c1-20-7-8-29(36)40-33(20)41-34(48)27-13-35(19-43-9-5-4-6-10-43)14-28(35)45(27)30(47)18-44-32-24(15-37)11-23(25-16-38-22(3)39-17-25)12-26(32)31(42-44)21(2)46/h7-8,11-12,16-17,21,27-28,46H,4-6,9-10,13-15,18-19H2,1-3H3,(H,40,41,48)/t21?,27-,28?,35-/m0/s1. The minimum Gasteiger partial charge on any atom is -0.387 e. The summed E-state index contributed by atoms with van der Waals surface area (Å²) in [6, 6.07) is 6.48. The summed E-state index contributed by atoms with van der Waals surface area (Å²) in [4.78, 5) is 45.6. The number of nitrogens with zero attached hydrogens (tertiary/aromatic N) is 7. The van der Waals surface area contributed by atoms with E-state index in [0.717, 1.165) is 44.5 Å². The Balaban J connectivity index is 1.22. The molecule has 3 aliphatic rings. The number of aliphatic hydroxyl groups is 1. The zero-order chi connectivity index (χ0) is 33.7. The molecule has 3 fully saturated rings. The maximum absolute atomic E-state index is 14.7. The molecule has 1 saturated carbocycles. The molecule has 2 N–H and O–H groups in total. The average Bonchev–Trinajstić information content (AvgIpc) is 3.46. The number of carbonyl (C=O) groups is 2. The molecule has 4 atom stereocenters. The van der Waals surface area contributed by atoms with Gasteiger partial charge in [0.2, 0.25) is 11.8 Å². The highest BCUT2D eigenvalue weighted by molar-refractivity contribution is 9.10. The number of hydrogen-bond donors (Lipinski definition) is 2. The fraction of sp³-hybridized carbons (Fsp3) is 0.486. The summed E-state index contributed by atoms with van der Waals surface area (Å²) < 4.78 is 16.8. The Labute approximate surface area is 287 Å². The molecule has 0 bridgehead atoms. The number of benzene rings is 1. The lowest BCUT2D eigenvalue weighted by Crippen LogP contribution is -2.47. The quantitative estimate of drug-likeness (QED) is 0.224. The van der Waals surface area contributed by atoms with Crippen LogP contribution in [0.1, 0.15) is 67.8 Å². The Morgan fingerprint density at radius 3 is 2.56 bits per heavy atom. The minimum absolute atomic E-state index is 0.0777. The van der Waals surface area contributed by atoms with Crippen LogP contribution < -0.4 is 5.32 Å². The lowest BCUT2D eigenvalue weighted by atomic mass is 9.97. The number of fused-ring (bicyclic) bond motifs is 2. The van der Waals surface area contributed by atoms with E-state index in [1.54, 1.807) is 37.2 Å². The largest absolute Gasteiger partial charge is 0.387 e. The molecular formula is C35H40BrFN8O3. The number of likely N-dealkylation sites (tertiary alicyclic amines) is 2. The molecule has 11 nitrogen and oxygen atoms in total. The molecule has 2 saturated heterocycles. The van der Waals surface area contributed by atoms with Gasteiger partial charge in [-0.3, -0.25) is 14.3 Å². The van der Waals surface area contributed by atoms with Crippen LogP contribution in [0.25, 0.3) is 22.0 Å². The molecule has 2 aliphatic heterocycles. The van der Waals surface area contributed by atoms with E-state index in [0.29, 0.717) is 56.0 Å². The van der Waals surface area contributed by atoms with Crippen LogP contribution in [0.3, 0.4) is 0 Å². The van der Waals surface area contributed by atoms with Gasteiger partial charge in [0.25, 0.3) is 0 Å². The van der Waals surface area contributed by atoms with Gasteiger partial charge in [0.1, 0.15) is 35.5 Å². The van der Waals surface area contributed by atoms with Crippen LogP contribution in [0.4, 0.5) is 10.2 Å². The third kappa shape index (κ3) is 6.12. The second-order valence-corrected chi connectivity index (χ2v) is 14.4. The van der Waals surface area contributed by atoms with Crippen LogP contribution in [0.2, 0.25) is 0 Å². The molecule has 13 heteroatoms. The number of anilines is 1. The van der Waals surface area contributed by atoms with Crippen molar-refractivity contribution in [3.63, 3.8) is 0 Å². The molecule has 2 amide bonds. The number of alkyl halides is 1. The molecule has 2 unspecified atom stereocenters. The van der Waals surface area contributed by atoms with Gasteiger partial charge in [0.15, 0.2) is 0 Å². The summed E-state index contributed by atoms with van der Waals surface area (Å²) in [5.74, 6) is 0.537. The summed E-state index contributed by atoms with van der Waals surface area (Å²) in [7, 11) is 0. The minimum atomic E-state index is -0.965. The van der Waals surface area contributed by atoms with Gasteiger partial charge in [0, 0.05) is 46.9 Å². The number of halogens is 2. The summed E-state index contributed by atoms with van der Waals surface area (Å²) in [6.45, 7) is 7.19. The number of rotatable bonds is 9. The first-order valence-corrected chi connectivity index (χ1v) is 17.4. The number of aromatic nitrogens is 5. The Morgan fingerprint density at radius 1 is 1.10 bits per heavy atom.